The summed E-state index contributed by atoms with van der Waals surface area (Å²) in [6, 6.07) is 71.3. The lowest BCUT2D eigenvalue weighted by molar-refractivity contribution is 0.332. The number of benzene rings is 10. The fraction of sp³-hybridized carbons (Fsp3) is 0.294. The Kier molecular flexibility index (Phi) is 10.1. The largest absolute Gasteiger partial charge is 0.310 e. The van der Waals surface area contributed by atoms with Crippen LogP contribution in [0.5, 0.6) is 0 Å². The van der Waals surface area contributed by atoms with Crippen LogP contribution in [0.4, 0.5) is 0 Å². The molecule has 2 aromatic heterocycles. The summed E-state index contributed by atoms with van der Waals surface area (Å²) in [7, 11) is 0. The zero-order valence-electron chi connectivity index (χ0n) is 54.0. The van der Waals surface area contributed by atoms with Crippen LogP contribution in [0.15, 0.2) is 176 Å². The van der Waals surface area contributed by atoms with Crippen molar-refractivity contribution in [3.8, 4) is 56.0 Å². The molecule has 0 atom stereocenters. The fourth-order valence-electron chi connectivity index (χ4n) is 18.6. The zero-order chi connectivity index (χ0) is 60.5. The van der Waals surface area contributed by atoms with Crippen LogP contribution in [0.2, 0.25) is 0 Å². The van der Waals surface area contributed by atoms with E-state index in [1.807, 2.05) is 0 Å². The van der Waals surface area contributed by atoms with Crippen LogP contribution < -0.4 is 16.4 Å². The van der Waals surface area contributed by atoms with E-state index in [0.717, 1.165) is 19.3 Å². The van der Waals surface area contributed by atoms with Crippen LogP contribution in [0.3, 0.4) is 0 Å². The Hall–Kier alpha value is -8.14. The highest BCUT2D eigenvalue weighted by Gasteiger charge is 2.55. The second kappa shape index (κ2) is 16.8. The Balaban J connectivity index is 1.09. The smallest absolute Gasteiger partial charge is 0.253 e. The van der Waals surface area contributed by atoms with Gasteiger partial charge >= 0.3 is 0 Å². The topological polar surface area (TPSA) is 9.86 Å². The molecular weight excluding hydrogens is 1060 g/mol. The van der Waals surface area contributed by atoms with Gasteiger partial charge in [0, 0.05) is 38.6 Å². The molecule has 3 aliphatic heterocycles. The van der Waals surface area contributed by atoms with Crippen molar-refractivity contribution in [2.24, 2.45) is 0 Å². The van der Waals surface area contributed by atoms with Crippen molar-refractivity contribution in [2.75, 3.05) is 0 Å². The second-order valence-electron chi connectivity index (χ2n) is 32.5. The summed E-state index contributed by atoms with van der Waals surface area (Å²) in [5.74, 6) is 0. The van der Waals surface area contributed by atoms with Crippen molar-refractivity contribution in [3.63, 3.8) is 0 Å². The van der Waals surface area contributed by atoms with Gasteiger partial charge in [0.05, 0.1) is 22.1 Å². The highest BCUT2D eigenvalue weighted by atomic mass is 15.1. The first kappa shape index (κ1) is 52.9. The van der Waals surface area contributed by atoms with Crippen molar-refractivity contribution in [2.45, 2.75) is 161 Å². The molecule has 0 fully saturated rings. The molecule has 3 aliphatic carbocycles. The molecule has 10 aromatic carbocycles. The predicted octanol–water partition coefficient (Wildman–Crippen LogP) is 20.0. The summed E-state index contributed by atoms with van der Waals surface area (Å²) >= 11 is 0. The summed E-state index contributed by atoms with van der Waals surface area (Å²) in [6.07, 6.45) is 4.62. The average molecular weight is 1140 g/mol. The lowest BCUT2D eigenvalue weighted by Crippen LogP contribution is -2.61. The van der Waals surface area contributed by atoms with Crippen molar-refractivity contribution in [3.05, 3.63) is 232 Å². The van der Waals surface area contributed by atoms with Gasteiger partial charge in [0.25, 0.3) is 6.71 Å². The predicted molar refractivity (Wildman–Crippen MR) is 375 cm³/mol. The van der Waals surface area contributed by atoms with E-state index in [1.54, 1.807) is 0 Å². The van der Waals surface area contributed by atoms with E-state index >= 15 is 0 Å². The molecule has 0 amide bonds. The Labute approximate surface area is 520 Å². The van der Waals surface area contributed by atoms with Gasteiger partial charge in [0.2, 0.25) is 0 Å². The maximum Gasteiger partial charge on any atom is 0.253 e. The summed E-state index contributed by atoms with van der Waals surface area (Å²) in [5, 5.41) is 6.69. The molecular formula is C85H79BN2. The number of rotatable bonds is 3. The number of aromatic nitrogens is 2. The SMILES string of the molecule is CC(C)(C)c1cc2c3c(c1)c1cc(C(C)(C)C)cc4c1n3-c1c(ccc3c1B2c1c2ccccc2cc2c(-c5cc6c(cc5-c5ccccc5)C(C)(C)CCC6(C)C)c(-c5ccc6c(c5)C(C)(C)CCC6(C)C)n-3c12)C41c2ccccc2-c2ccccc21. The normalized spacial score (nSPS) is 17.9. The molecule has 0 bridgehead atoms. The molecule has 0 saturated carbocycles. The van der Waals surface area contributed by atoms with Gasteiger partial charge in [-0.05, 0) is 217 Å². The van der Waals surface area contributed by atoms with Crippen molar-refractivity contribution < 1.29 is 0 Å². The number of fused-ring (bicyclic) bond motifs is 15. The minimum absolute atomic E-state index is 0.00358. The molecule has 0 unspecified atom stereocenters. The van der Waals surface area contributed by atoms with Crippen LogP contribution in [0, 0.1) is 0 Å². The lowest BCUT2D eigenvalue weighted by atomic mass is 9.33. The highest BCUT2D eigenvalue weighted by molar-refractivity contribution is 7.01. The minimum Gasteiger partial charge on any atom is -0.310 e. The third-order valence-electron chi connectivity index (χ3n) is 23.5. The summed E-state index contributed by atoms with van der Waals surface area (Å²) in [5.41, 5.74) is 35.0. The Morgan fingerprint density at radius 1 is 0.364 bits per heavy atom. The Morgan fingerprint density at radius 2 is 0.909 bits per heavy atom. The average Bonchev–Trinajstić information content (AvgIpc) is 1.40. The fourth-order valence-corrected chi connectivity index (χ4v) is 18.6. The van der Waals surface area contributed by atoms with E-state index in [-0.39, 0.29) is 39.2 Å². The molecule has 6 aliphatic rings. The van der Waals surface area contributed by atoms with Gasteiger partial charge < -0.3 is 9.13 Å². The van der Waals surface area contributed by atoms with Gasteiger partial charge in [-0.15, -0.1) is 0 Å². The Bertz CT molecular complexity index is 5120. The highest BCUT2D eigenvalue weighted by Crippen LogP contribution is 2.63. The molecule has 0 saturated heterocycles. The summed E-state index contributed by atoms with van der Waals surface area (Å²) in [4.78, 5) is 0. The van der Waals surface area contributed by atoms with Crippen LogP contribution in [-0.4, -0.2) is 15.8 Å². The van der Waals surface area contributed by atoms with E-state index in [2.05, 4.69) is 282 Å². The lowest BCUT2D eigenvalue weighted by Gasteiger charge is -2.44. The number of hydrogen-bond acceptors (Lipinski definition) is 0. The maximum absolute atomic E-state index is 2.85. The molecule has 1 spiro atoms. The van der Waals surface area contributed by atoms with Crippen LogP contribution in [0.25, 0.3) is 99.5 Å². The van der Waals surface area contributed by atoms with Gasteiger partial charge in [0.15, 0.2) is 0 Å². The molecule has 88 heavy (non-hydrogen) atoms. The van der Waals surface area contributed by atoms with E-state index in [1.165, 1.54) is 178 Å². The van der Waals surface area contributed by atoms with Crippen LogP contribution in [-0.2, 0) is 37.9 Å². The van der Waals surface area contributed by atoms with Gasteiger partial charge in [-0.25, -0.2) is 0 Å². The molecule has 3 heteroatoms. The third-order valence-corrected chi connectivity index (χ3v) is 23.5. The van der Waals surface area contributed by atoms with Gasteiger partial charge in [-0.1, -0.05) is 230 Å². The summed E-state index contributed by atoms with van der Waals surface area (Å²) in [6.45, 7) is 34.4. The standard InChI is InChI=1S/C85H79BN2/c1-79(2,3)51-42-58-59-43-52(80(4,5)6)45-69-76(59)88-75(58)68(44-51)85(61-30-22-20-28-54(61)55-29-21-23-31-62(55)85)64-34-35-70-73(78(64)88)86(69)72-53-27-19-18-26-49(53)40-60-71(74(87(70)77(60)72)50-32-33-63-65(41-50)82(9,10)37-36-81(63,7)8)57-47-67-66(83(11,12)38-39-84(67,13)14)46-56(57)48-24-16-15-17-25-48/h15-35,40-47H,36-39H2,1-14H3. The minimum atomic E-state index is -0.597. The molecule has 18 rings (SSSR count). The molecule has 12 aromatic rings. The van der Waals surface area contributed by atoms with Gasteiger partial charge in [-0.3, -0.25) is 0 Å². The first-order valence-corrected chi connectivity index (χ1v) is 33.0. The van der Waals surface area contributed by atoms with Crippen LogP contribution in [0.1, 0.15) is 178 Å². The van der Waals surface area contributed by atoms with Crippen LogP contribution >= 0.6 is 0 Å². The molecule has 2 nitrogen and oxygen atoms in total. The quantitative estimate of drug-likeness (QED) is 0.156. The second-order valence-corrected chi connectivity index (χ2v) is 32.5. The summed E-state index contributed by atoms with van der Waals surface area (Å²) < 4.78 is 5.68. The molecule has 5 heterocycles. The number of nitrogens with zero attached hydrogens (tertiary/aromatic N) is 2. The van der Waals surface area contributed by atoms with E-state index in [9.17, 15) is 0 Å². The Morgan fingerprint density at radius 3 is 1.56 bits per heavy atom. The van der Waals surface area contributed by atoms with E-state index < -0.39 is 5.41 Å². The molecule has 0 N–H and O–H groups in total. The first-order chi connectivity index (χ1) is 41.9. The van der Waals surface area contributed by atoms with Crippen molar-refractivity contribution >= 4 is 66.6 Å². The van der Waals surface area contributed by atoms with E-state index in [4.69, 9.17) is 0 Å². The zero-order valence-corrected chi connectivity index (χ0v) is 54.0. The van der Waals surface area contributed by atoms with Crippen molar-refractivity contribution in [1.82, 2.24) is 9.13 Å². The van der Waals surface area contributed by atoms with E-state index in [0.29, 0.717) is 0 Å². The van der Waals surface area contributed by atoms with Crippen molar-refractivity contribution in [1.29, 1.82) is 0 Å². The first-order valence-electron chi connectivity index (χ1n) is 33.0. The van der Waals surface area contributed by atoms with Gasteiger partial charge in [-0.2, -0.15) is 0 Å². The maximum atomic E-state index is 2.85. The molecule has 0 radical (unpaired) electrons. The number of hydrogen-bond donors (Lipinski definition) is 0. The van der Waals surface area contributed by atoms with Gasteiger partial charge in [0.1, 0.15) is 0 Å². The third kappa shape index (κ3) is 6.56. The monoisotopic (exact) mass is 1140 g/mol. The molecule has 432 valence electrons.